The zero-order chi connectivity index (χ0) is 38.8. The summed E-state index contributed by atoms with van der Waals surface area (Å²) in [6, 6.07) is 17.4. The molecule has 296 valence electrons. The van der Waals surface area contributed by atoms with Crippen LogP contribution in [0, 0.1) is 0 Å². The van der Waals surface area contributed by atoms with Gasteiger partial charge in [0.25, 0.3) is 5.91 Å². The SMILES string of the molecule is CCOCCOCCNC(=O)c1ccc(C(=O)CCCOCCOCCOCCCS(=O)(=O)c2ccc(C3CN(C)Cc4c(Cl)cc(Cl)cc43)cc2)cc1. The molecule has 11 nitrogen and oxygen atoms in total. The lowest BCUT2D eigenvalue weighted by Crippen LogP contribution is -2.31. The molecule has 3 aromatic carbocycles. The molecule has 0 fully saturated rings. The summed E-state index contributed by atoms with van der Waals surface area (Å²) in [7, 11) is -1.42. The number of rotatable bonds is 25. The van der Waals surface area contributed by atoms with E-state index < -0.39 is 9.84 Å². The lowest BCUT2D eigenvalue weighted by atomic mass is 9.85. The number of hydrogen-bond acceptors (Lipinski definition) is 10. The molecule has 0 bridgehead atoms. The van der Waals surface area contributed by atoms with Crippen LogP contribution in [0.4, 0.5) is 0 Å². The minimum atomic E-state index is -3.46. The summed E-state index contributed by atoms with van der Waals surface area (Å²) in [6.45, 7) is 8.09. The molecule has 1 amide bonds. The third kappa shape index (κ3) is 14.3. The molecule has 1 heterocycles. The number of Topliss-reactive ketones (excluding diaryl/α,β-unsaturated/α-hetero) is 1. The van der Waals surface area contributed by atoms with E-state index >= 15 is 0 Å². The number of likely N-dealkylation sites (N-methyl/N-ethyl adjacent to an activating group) is 1. The van der Waals surface area contributed by atoms with Gasteiger partial charge in [-0.1, -0.05) is 47.5 Å². The number of ether oxygens (including phenoxy) is 5. The third-order valence-electron chi connectivity index (χ3n) is 8.85. The summed E-state index contributed by atoms with van der Waals surface area (Å²) in [5.41, 5.74) is 4.17. The van der Waals surface area contributed by atoms with Gasteiger partial charge in [-0.15, -0.1) is 0 Å². The standard InChI is InChI=1S/C40H52Cl2N2O9S/c1-3-49-19-20-52-18-15-43-40(46)32-9-7-31(8-10-32)39(45)6-4-16-50-21-23-53-24-22-51-17-5-25-54(47,48)34-13-11-30(12-14-34)36-28-44(2)29-37-35(36)26-33(41)27-38(37)42/h7-14,26-27,36H,3-6,15-25,28-29H2,1-2H3,(H,43,46). The zero-order valence-electron chi connectivity index (χ0n) is 31.2. The lowest BCUT2D eigenvalue weighted by molar-refractivity contribution is 0.0142. The number of ketones is 1. The molecule has 14 heteroatoms. The first kappa shape index (κ1) is 43.8. The van der Waals surface area contributed by atoms with Gasteiger partial charge in [0.1, 0.15) is 0 Å². The van der Waals surface area contributed by atoms with Crippen LogP contribution in [0.1, 0.15) is 69.5 Å². The molecule has 1 unspecified atom stereocenters. The summed E-state index contributed by atoms with van der Waals surface area (Å²) >= 11 is 12.8. The fourth-order valence-corrected chi connectivity index (χ4v) is 7.89. The van der Waals surface area contributed by atoms with Crippen LogP contribution in [-0.2, 0) is 40.1 Å². The maximum Gasteiger partial charge on any atom is 0.251 e. The van der Waals surface area contributed by atoms with Gasteiger partial charge < -0.3 is 33.9 Å². The van der Waals surface area contributed by atoms with Crippen LogP contribution >= 0.6 is 23.2 Å². The quantitative estimate of drug-likeness (QED) is 0.0778. The fraction of sp³-hybridized carbons (Fsp3) is 0.500. The molecule has 0 saturated heterocycles. The van der Waals surface area contributed by atoms with Gasteiger partial charge in [0.15, 0.2) is 15.6 Å². The van der Waals surface area contributed by atoms with Crippen LogP contribution in [0.15, 0.2) is 65.6 Å². The van der Waals surface area contributed by atoms with E-state index in [1.807, 2.05) is 32.2 Å². The van der Waals surface area contributed by atoms with Crippen molar-refractivity contribution >= 4 is 44.7 Å². The number of hydrogen-bond donors (Lipinski definition) is 1. The van der Waals surface area contributed by atoms with Gasteiger partial charge in [0, 0.05) is 73.0 Å². The molecule has 1 aliphatic heterocycles. The normalized spacial score (nSPS) is 14.6. The third-order valence-corrected chi connectivity index (χ3v) is 11.2. The van der Waals surface area contributed by atoms with Gasteiger partial charge in [-0.25, -0.2) is 8.42 Å². The predicted molar refractivity (Wildman–Crippen MR) is 210 cm³/mol. The highest BCUT2D eigenvalue weighted by atomic mass is 35.5. The molecule has 1 N–H and O–H groups in total. The van der Waals surface area contributed by atoms with Crippen molar-refractivity contribution in [2.75, 3.05) is 92.0 Å². The van der Waals surface area contributed by atoms with Crippen LogP contribution in [0.25, 0.3) is 0 Å². The number of carbonyl (C=O) groups excluding carboxylic acids is 2. The highest BCUT2D eigenvalue weighted by Crippen LogP contribution is 2.38. The molecule has 0 saturated carbocycles. The first-order chi connectivity index (χ1) is 26.1. The van der Waals surface area contributed by atoms with E-state index in [1.165, 1.54) is 0 Å². The molecule has 0 radical (unpaired) electrons. The van der Waals surface area contributed by atoms with Crippen molar-refractivity contribution in [3.63, 3.8) is 0 Å². The summed E-state index contributed by atoms with van der Waals surface area (Å²) < 4.78 is 53.2. The summed E-state index contributed by atoms with van der Waals surface area (Å²) in [6.07, 6.45) is 1.27. The molecule has 3 aromatic rings. The molecule has 0 aliphatic carbocycles. The minimum absolute atomic E-state index is 0.0149. The van der Waals surface area contributed by atoms with Crippen molar-refractivity contribution in [2.45, 2.75) is 43.5 Å². The number of nitrogens with zero attached hydrogens (tertiary/aromatic N) is 1. The highest BCUT2D eigenvalue weighted by Gasteiger charge is 2.27. The number of nitrogens with one attached hydrogen (secondary N) is 1. The van der Waals surface area contributed by atoms with Gasteiger partial charge >= 0.3 is 0 Å². The van der Waals surface area contributed by atoms with E-state index in [-0.39, 0.29) is 28.3 Å². The Labute approximate surface area is 329 Å². The Balaban J connectivity index is 1.01. The Kier molecular flexibility index (Phi) is 18.8. The number of benzene rings is 3. The molecule has 1 aliphatic rings. The molecule has 0 spiro atoms. The van der Waals surface area contributed by atoms with Crippen molar-refractivity contribution in [2.24, 2.45) is 0 Å². The minimum Gasteiger partial charge on any atom is -0.379 e. The maximum atomic E-state index is 13.0. The Morgan fingerprint density at radius 2 is 1.37 bits per heavy atom. The van der Waals surface area contributed by atoms with E-state index in [9.17, 15) is 18.0 Å². The van der Waals surface area contributed by atoms with E-state index in [0.29, 0.717) is 113 Å². The topological polar surface area (TPSA) is 130 Å². The van der Waals surface area contributed by atoms with Crippen molar-refractivity contribution in [1.29, 1.82) is 0 Å². The molecular formula is C40H52Cl2N2O9S. The van der Waals surface area contributed by atoms with Gasteiger partial charge in [0.2, 0.25) is 0 Å². The van der Waals surface area contributed by atoms with Crippen LogP contribution in [0.3, 0.4) is 0 Å². The van der Waals surface area contributed by atoms with Crippen LogP contribution < -0.4 is 5.32 Å². The number of fused-ring (bicyclic) bond motifs is 1. The first-order valence-electron chi connectivity index (χ1n) is 18.4. The largest absolute Gasteiger partial charge is 0.379 e. The van der Waals surface area contributed by atoms with Crippen molar-refractivity contribution in [3.05, 3.63) is 98.5 Å². The molecule has 0 aromatic heterocycles. The Morgan fingerprint density at radius 3 is 2.04 bits per heavy atom. The monoisotopic (exact) mass is 806 g/mol. The van der Waals surface area contributed by atoms with E-state index in [4.69, 9.17) is 46.9 Å². The first-order valence-corrected chi connectivity index (χ1v) is 20.8. The smallest absolute Gasteiger partial charge is 0.251 e. The van der Waals surface area contributed by atoms with Crippen molar-refractivity contribution in [1.82, 2.24) is 10.2 Å². The van der Waals surface area contributed by atoms with Gasteiger partial charge in [-0.2, -0.15) is 0 Å². The van der Waals surface area contributed by atoms with Crippen LogP contribution in [0.5, 0.6) is 0 Å². The molecule has 4 rings (SSSR count). The number of halogens is 2. The second-order valence-electron chi connectivity index (χ2n) is 13.0. The lowest BCUT2D eigenvalue weighted by Gasteiger charge is -2.33. The Hall–Kier alpha value is -2.91. The second-order valence-corrected chi connectivity index (χ2v) is 15.9. The summed E-state index contributed by atoms with van der Waals surface area (Å²) in [4.78, 5) is 27.3. The number of carbonyl (C=O) groups is 2. The summed E-state index contributed by atoms with van der Waals surface area (Å²) in [5, 5.41) is 4.02. The van der Waals surface area contributed by atoms with E-state index in [0.717, 1.165) is 29.8 Å². The van der Waals surface area contributed by atoms with Crippen molar-refractivity contribution < 1.29 is 41.7 Å². The molecular weight excluding hydrogens is 755 g/mol. The zero-order valence-corrected chi connectivity index (χ0v) is 33.5. The van der Waals surface area contributed by atoms with Gasteiger partial charge in [-0.3, -0.25) is 9.59 Å². The maximum absolute atomic E-state index is 13.0. The second kappa shape index (κ2) is 23.2. The Bertz CT molecular complexity index is 1720. The van der Waals surface area contributed by atoms with E-state index in [1.54, 1.807) is 42.5 Å². The predicted octanol–water partition coefficient (Wildman–Crippen LogP) is 6.23. The number of sulfone groups is 1. The van der Waals surface area contributed by atoms with E-state index in [2.05, 4.69) is 10.2 Å². The number of amides is 1. The Morgan fingerprint density at radius 1 is 0.778 bits per heavy atom. The average Bonchev–Trinajstić information content (AvgIpc) is 3.16. The van der Waals surface area contributed by atoms with Gasteiger partial charge in [-0.05, 0) is 79.9 Å². The highest BCUT2D eigenvalue weighted by molar-refractivity contribution is 7.91. The van der Waals surface area contributed by atoms with Crippen LogP contribution in [0.2, 0.25) is 10.0 Å². The molecule has 54 heavy (non-hydrogen) atoms. The summed E-state index contributed by atoms with van der Waals surface area (Å²) in [5.74, 6) is -0.211. The fourth-order valence-electron chi connectivity index (χ4n) is 6.04. The van der Waals surface area contributed by atoms with Crippen LogP contribution in [-0.4, -0.2) is 117 Å². The van der Waals surface area contributed by atoms with Gasteiger partial charge in [0.05, 0.1) is 56.9 Å². The molecule has 1 atom stereocenters. The van der Waals surface area contributed by atoms with Crippen molar-refractivity contribution in [3.8, 4) is 0 Å². The average molecular weight is 808 g/mol.